The average Bonchev–Trinajstić information content (AvgIpc) is 3.02. The van der Waals surface area contributed by atoms with Crippen molar-refractivity contribution in [2.24, 2.45) is 5.73 Å². The Hall–Kier alpha value is -0.500. The first-order valence-electron chi connectivity index (χ1n) is 19.2. The molecule has 5 N–H and O–H groups in total. The van der Waals surface area contributed by atoms with E-state index in [1.54, 1.807) is 0 Å². The van der Waals surface area contributed by atoms with Crippen LogP contribution in [-0.2, 0) is 18.4 Å². The summed E-state index contributed by atoms with van der Waals surface area (Å²) >= 11 is 0. The number of unbranched alkanes of at least 4 members (excludes halogenated alkanes) is 24. The fourth-order valence-electron chi connectivity index (χ4n) is 5.78. The molecule has 0 aromatic carbocycles. The Bertz CT molecular complexity index is 684. The van der Waals surface area contributed by atoms with Crippen LogP contribution in [0.1, 0.15) is 194 Å². The van der Waals surface area contributed by atoms with E-state index in [1.165, 1.54) is 128 Å². The Kier molecular flexibility index (Phi) is 33.0. The van der Waals surface area contributed by atoms with Gasteiger partial charge in [0.25, 0.3) is 0 Å². The minimum Gasteiger partial charge on any atom is -0.391 e. The van der Waals surface area contributed by atoms with Gasteiger partial charge in [-0.3, -0.25) is 13.8 Å². The highest BCUT2D eigenvalue weighted by atomic mass is 31.2. The lowest BCUT2D eigenvalue weighted by atomic mass is 10.0. The van der Waals surface area contributed by atoms with E-state index in [-0.39, 0.29) is 25.7 Å². The molecule has 270 valence electrons. The molecule has 0 radical (unpaired) electrons. The number of nitrogens with two attached hydrogens (primary N) is 1. The summed E-state index contributed by atoms with van der Waals surface area (Å²) in [6.07, 6.45) is 32.7. The van der Waals surface area contributed by atoms with Crippen LogP contribution in [0.25, 0.3) is 0 Å². The molecule has 0 aliphatic heterocycles. The van der Waals surface area contributed by atoms with Gasteiger partial charge in [-0.2, -0.15) is 0 Å². The molecule has 0 spiro atoms. The maximum atomic E-state index is 12.7. The average molecular weight is 663 g/mol. The Labute approximate surface area is 278 Å². The first-order valence-corrected chi connectivity index (χ1v) is 20.6. The Morgan fingerprint density at radius 1 is 0.644 bits per heavy atom. The summed E-state index contributed by atoms with van der Waals surface area (Å²) in [5, 5.41) is 13.6. The second-order valence-corrected chi connectivity index (χ2v) is 14.6. The van der Waals surface area contributed by atoms with Gasteiger partial charge in [-0.1, -0.05) is 174 Å². The standard InChI is InChI=1S/C36H75N2O6P/c1-3-5-7-9-11-12-13-14-15-16-17-18-19-20-21-22-24-26-28-30-36(40)38-34(33-44-45(41,42)43-32-31-37)35(39)29-27-25-23-10-8-6-4-2/h34-35,39H,3-33,37H2,1-2H3,(H,38,40)(H,41,42). The smallest absolute Gasteiger partial charge is 0.391 e. The van der Waals surface area contributed by atoms with Crippen molar-refractivity contribution in [1.29, 1.82) is 0 Å². The van der Waals surface area contributed by atoms with E-state index < -0.39 is 20.0 Å². The number of rotatable bonds is 36. The van der Waals surface area contributed by atoms with Gasteiger partial charge in [0.1, 0.15) is 0 Å². The van der Waals surface area contributed by atoms with Crippen molar-refractivity contribution in [3.8, 4) is 0 Å². The zero-order valence-corrected chi connectivity index (χ0v) is 30.5. The summed E-state index contributed by atoms with van der Waals surface area (Å²) in [5.41, 5.74) is 5.34. The number of aliphatic hydroxyl groups is 1. The topological polar surface area (TPSA) is 131 Å². The van der Waals surface area contributed by atoms with E-state index in [4.69, 9.17) is 14.8 Å². The summed E-state index contributed by atoms with van der Waals surface area (Å²) in [6.45, 7) is 4.17. The minimum atomic E-state index is -4.29. The predicted molar refractivity (Wildman–Crippen MR) is 189 cm³/mol. The highest BCUT2D eigenvalue weighted by Crippen LogP contribution is 2.43. The number of aliphatic hydroxyl groups excluding tert-OH is 1. The monoisotopic (exact) mass is 663 g/mol. The van der Waals surface area contributed by atoms with Crippen LogP contribution in [0.5, 0.6) is 0 Å². The van der Waals surface area contributed by atoms with Gasteiger partial charge in [-0.25, -0.2) is 4.57 Å². The fraction of sp³-hybridized carbons (Fsp3) is 0.972. The van der Waals surface area contributed by atoms with Crippen LogP contribution in [0, 0.1) is 0 Å². The first-order chi connectivity index (χ1) is 21.9. The summed E-state index contributed by atoms with van der Waals surface area (Å²) in [7, 11) is -4.29. The van der Waals surface area contributed by atoms with Crippen molar-refractivity contribution in [2.75, 3.05) is 19.8 Å². The molecule has 0 bridgehead atoms. The van der Waals surface area contributed by atoms with Crippen LogP contribution in [0.4, 0.5) is 0 Å². The van der Waals surface area contributed by atoms with E-state index in [0.29, 0.717) is 12.8 Å². The van der Waals surface area contributed by atoms with Crippen LogP contribution in [0.2, 0.25) is 0 Å². The molecule has 0 heterocycles. The summed E-state index contributed by atoms with van der Waals surface area (Å²) in [4.78, 5) is 22.5. The van der Waals surface area contributed by atoms with E-state index in [0.717, 1.165) is 38.5 Å². The lowest BCUT2D eigenvalue weighted by Gasteiger charge is -2.25. The second kappa shape index (κ2) is 33.4. The molecular formula is C36H75N2O6P. The second-order valence-electron chi connectivity index (χ2n) is 13.2. The van der Waals surface area contributed by atoms with Gasteiger partial charge >= 0.3 is 7.82 Å². The van der Waals surface area contributed by atoms with Gasteiger partial charge in [-0.05, 0) is 12.8 Å². The minimum absolute atomic E-state index is 0.0917. The van der Waals surface area contributed by atoms with Crippen molar-refractivity contribution in [3.63, 3.8) is 0 Å². The van der Waals surface area contributed by atoms with Crippen molar-refractivity contribution in [3.05, 3.63) is 0 Å². The lowest BCUT2D eigenvalue weighted by molar-refractivity contribution is -0.123. The molecule has 0 aliphatic rings. The Balaban J connectivity index is 4.02. The largest absolute Gasteiger partial charge is 0.472 e. The zero-order chi connectivity index (χ0) is 33.3. The highest BCUT2D eigenvalue weighted by molar-refractivity contribution is 7.47. The third-order valence-corrected chi connectivity index (χ3v) is 9.70. The molecule has 0 saturated heterocycles. The van der Waals surface area contributed by atoms with Gasteiger partial charge in [-0.15, -0.1) is 0 Å². The van der Waals surface area contributed by atoms with Crippen molar-refractivity contribution in [1.82, 2.24) is 5.32 Å². The molecular weight excluding hydrogens is 587 g/mol. The Morgan fingerprint density at radius 3 is 1.42 bits per heavy atom. The number of carbonyl (C=O) groups excluding carboxylic acids is 1. The highest BCUT2D eigenvalue weighted by Gasteiger charge is 2.27. The van der Waals surface area contributed by atoms with Crippen molar-refractivity contribution >= 4 is 13.7 Å². The van der Waals surface area contributed by atoms with Gasteiger partial charge in [0.15, 0.2) is 0 Å². The van der Waals surface area contributed by atoms with Crippen LogP contribution in [-0.4, -0.2) is 47.8 Å². The number of phosphoric acid groups is 1. The molecule has 0 saturated carbocycles. The van der Waals surface area contributed by atoms with Crippen LogP contribution in [0.15, 0.2) is 0 Å². The third kappa shape index (κ3) is 31.8. The van der Waals surface area contributed by atoms with E-state index in [2.05, 4.69) is 19.2 Å². The molecule has 3 atom stereocenters. The SMILES string of the molecule is CCCCCCCCCCCCCCCCCCCCCC(=O)NC(COP(=O)(O)OCCN)C(O)CCCCCCCCC. The third-order valence-electron chi connectivity index (χ3n) is 8.71. The maximum absolute atomic E-state index is 12.7. The number of amides is 1. The molecule has 0 fully saturated rings. The maximum Gasteiger partial charge on any atom is 0.472 e. The van der Waals surface area contributed by atoms with Crippen molar-refractivity contribution < 1.29 is 28.4 Å². The predicted octanol–water partition coefficient (Wildman–Crippen LogP) is 9.89. The summed E-state index contributed by atoms with van der Waals surface area (Å²) < 4.78 is 22.0. The van der Waals surface area contributed by atoms with E-state index in [9.17, 15) is 19.4 Å². The van der Waals surface area contributed by atoms with Gasteiger partial charge < -0.3 is 21.1 Å². The summed E-state index contributed by atoms with van der Waals surface area (Å²) in [6, 6.07) is -0.764. The molecule has 0 aromatic rings. The number of carbonyl (C=O) groups is 1. The van der Waals surface area contributed by atoms with Gasteiger partial charge in [0.2, 0.25) is 5.91 Å². The zero-order valence-electron chi connectivity index (χ0n) is 29.6. The van der Waals surface area contributed by atoms with Crippen LogP contribution >= 0.6 is 7.82 Å². The molecule has 9 heteroatoms. The molecule has 0 rings (SSSR count). The molecule has 45 heavy (non-hydrogen) atoms. The van der Waals surface area contributed by atoms with Crippen LogP contribution < -0.4 is 11.1 Å². The van der Waals surface area contributed by atoms with Crippen molar-refractivity contribution in [2.45, 2.75) is 206 Å². The molecule has 0 aliphatic carbocycles. The summed E-state index contributed by atoms with van der Waals surface area (Å²) in [5.74, 6) is -0.162. The van der Waals surface area contributed by atoms with E-state index >= 15 is 0 Å². The van der Waals surface area contributed by atoms with E-state index in [1.807, 2.05) is 0 Å². The number of phosphoric ester groups is 1. The Morgan fingerprint density at radius 2 is 1.02 bits per heavy atom. The molecule has 0 aromatic heterocycles. The number of nitrogens with one attached hydrogen (secondary N) is 1. The van der Waals surface area contributed by atoms with Crippen LogP contribution in [0.3, 0.4) is 0 Å². The lowest BCUT2D eigenvalue weighted by Crippen LogP contribution is -2.46. The number of hydrogen-bond acceptors (Lipinski definition) is 6. The van der Waals surface area contributed by atoms with Gasteiger partial charge in [0.05, 0.1) is 25.4 Å². The van der Waals surface area contributed by atoms with Gasteiger partial charge in [0, 0.05) is 13.0 Å². The molecule has 3 unspecified atom stereocenters. The normalized spacial score (nSPS) is 14.3. The first kappa shape index (κ1) is 44.5. The quantitative estimate of drug-likeness (QED) is 0.0388. The molecule has 1 amide bonds. The number of hydrogen-bond donors (Lipinski definition) is 4. The molecule has 8 nitrogen and oxygen atoms in total. The fourth-order valence-corrected chi connectivity index (χ4v) is 6.54.